The number of likely N-dealkylation sites (tertiary alicyclic amines) is 1. The van der Waals surface area contributed by atoms with Crippen LogP contribution in [0, 0.1) is 0 Å². The van der Waals surface area contributed by atoms with Gasteiger partial charge in [0, 0.05) is 19.5 Å². The van der Waals surface area contributed by atoms with E-state index in [2.05, 4.69) is 22.5 Å². The van der Waals surface area contributed by atoms with E-state index in [1.807, 2.05) is 30.3 Å². The van der Waals surface area contributed by atoms with Crippen molar-refractivity contribution in [2.24, 2.45) is 5.73 Å². The molecule has 10 heteroatoms. The van der Waals surface area contributed by atoms with E-state index in [4.69, 9.17) is 5.73 Å². The molecule has 3 unspecified atom stereocenters. The summed E-state index contributed by atoms with van der Waals surface area (Å²) in [6, 6.07) is 6.24. The number of nitrogens with one attached hydrogen (secondary N) is 3. The molecule has 168 valence electrons. The summed E-state index contributed by atoms with van der Waals surface area (Å²) in [4.78, 5) is 51.3. The van der Waals surface area contributed by atoms with Crippen molar-refractivity contribution in [2.45, 2.75) is 31.0 Å². The van der Waals surface area contributed by atoms with Gasteiger partial charge in [-0.15, -0.1) is 6.58 Å². The van der Waals surface area contributed by atoms with Gasteiger partial charge in [0.1, 0.15) is 12.1 Å². The first-order valence-electron chi connectivity index (χ1n) is 9.94. The summed E-state index contributed by atoms with van der Waals surface area (Å²) in [7, 11) is 0. The lowest BCUT2D eigenvalue weighted by Gasteiger charge is -2.29. The van der Waals surface area contributed by atoms with Gasteiger partial charge in [0.05, 0.1) is 11.8 Å². The molecule has 1 aliphatic rings. The smallest absolute Gasteiger partial charge is 0.315 e. The molecule has 1 fully saturated rings. The SMILES string of the molecule is C=CCNC(=O)NC1CCN(C(=O)CSC)C1C(=O)NC(Cc1ccccc1)C(N)=O. The zero-order valence-electron chi connectivity index (χ0n) is 17.5. The fourth-order valence-corrected chi connectivity index (χ4v) is 3.88. The number of benzene rings is 1. The number of rotatable bonds is 10. The van der Waals surface area contributed by atoms with Crippen LogP contribution >= 0.6 is 11.8 Å². The predicted molar refractivity (Wildman–Crippen MR) is 120 cm³/mol. The number of hydrogen-bond donors (Lipinski definition) is 4. The van der Waals surface area contributed by atoms with Crippen LogP contribution in [0.2, 0.25) is 0 Å². The summed E-state index contributed by atoms with van der Waals surface area (Å²) in [5.74, 6) is -1.20. The van der Waals surface area contributed by atoms with Crippen molar-refractivity contribution in [3.8, 4) is 0 Å². The van der Waals surface area contributed by atoms with Crippen molar-refractivity contribution in [3.05, 3.63) is 48.6 Å². The van der Waals surface area contributed by atoms with E-state index in [-0.39, 0.29) is 24.6 Å². The first-order chi connectivity index (χ1) is 14.9. The number of thioether (sulfide) groups is 1. The molecule has 0 aromatic heterocycles. The van der Waals surface area contributed by atoms with Crippen LogP contribution in [0.15, 0.2) is 43.0 Å². The van der Waals surface area contributed by atoms with Gasteiger partial charge in [0.15, 0.2) is 0 Å². The van der Waals surface area contributed by atoms with Crippen molar-refractivity contribution < 1.29 is 19.2 Å². The minimum atomic E-state index is -0.941. The zero-order chi connectivity index (χ0) is 22.8. The Morgan fingerprint density at radius 1 is 1.29 bits per heavy atom. The summed E-state index contributed by atoms with van der Waals surface area (Å²) in [6.45, 7) is 4.13. The Bertz CT molecular complexity index is 804. The number of nitrogens with zero attached hydrogens (tertiary/aromatic N) is 1. The second kappa shape index (κ2) is 12.0. The Kier molecular flexibility index (Phi) is 9.39. The fourth-order valence-electron chi connectivity index (χ4n) is 3.47. The average molecular weight is 448 g/mol. The summed E-state index contributed by atoms with van der Waals surface area (Å²) in [5.41, 5.74) is 6.36. The highest BCUT2D eigenvalue weighted by atomic mass is 32.2. The summed E-state index contributed by atoms with van der Waals surface area (Å²) in [6.07, 6.45) is 3.98. The monoisotopic (exact) mass is 447 g/mol. The molecule has 5 N–H and O–H groups in total. The maximum absolute atomic E-state index is 13.2. The van der Waals surface area contributed by atoms with Crippen molar-refractivity contribution >= 4 is 35.5 Å². The first-order valence-corrected chi connectivity index (χ1v) is 11.3. The molecule has 1 aromatic rings. The van der Waals surface area contributed by atoms with Crippen LogP contribution in [0.5, 0.6) is 0 Å². The maximum Gasteiger partial charge on any atom is 0.315 e. The number of primary amides is 1. The second-order valence-corrected chi connectivity index (χ2v) is 8.02. The minimum Gasteiger partial charge on any atom is -0.368 e. The van der Waals surface area contributed by atoms with Crippen LogP contribution in [-0.4, -0.2) is 71.9 Å². The van der Waals surface area contributed by atoms with Crippen LogP contribution in [0.25, 0.3) is 0 Å². The van der Waals surface area contributed by atoms with Crippen molar-refractivity contribution in [1.82, 2.24) is 20.9 Å². The third-order valence-corrected chi connectivity index (χ3v) is 5.46. The Labute approximate surface area is 186 Å². The molecule has 1 saturated heterocycles. The molecule has 31 heavy (non-hydrogen) atoms. The molecule has 3 atom stereocenters. The van der Waals surface area contributed by atoms with Crippen LogP contribution in [0.3, 0.4) is 0 Å². The predicted octanol–water partition coefficient (Wildman–Crippen LogP) is 0.0169. The minimum absolute atomic E-state index is 0.206. The number of amides is 5. The zero-order valence-corrected chi connectivity index (χ0v) is 18.3. The number of nitrogens with two attached hydrogens (primary N) is 1. The van der Waals surface area contributed by atoms with E-state index in [0.717, 1.165) is 5.56 Å². The van der Waals surface area contributed by atoms with E-state index in [0.29, 0.717) is 13.0 Å². The van der Waals surface area contributed by atoms with Crippen LogP contribution in [-0.2, 0) is 20.8 Å². The average Bonchev–Trinajstić information content (AvgIpc) is 3.16. The van der Waals surface area contributed by atoms with E-state index in [1.54, 1.807) is 6.26 Å². The normalized spacial score (nSPS) is 18.7. The molecule has 5 amide bonds. The van der Waals surface area contributed by atoms with Gasteiger partial charge in [-0.05, 0) is 18.2 Å². The lowest BCUT2D eigenvalue weighted by molar-refractivity contribution is -0.138. The van der Waals surface area contributed by atoms with Crippen molar-refractivity contribution in [1.29, 1.82) is 0 Å². The van der Waals surface area contributed by atoms with Gasteiger partial charge in [0.25, 0.3) is 0 Å². The largest absolute Gasteiger partial charge is 0.368 e. The summed E-state index contributed by atoms with van der Waals surface area (Å²) < 4.78 is 0. The highest BCUT2D eigenvalue weighted by molar-refractivity contribution is 7.99. The highest BCUT2D eigenvalue weighted by Crippen LogP contribution is 2.20. The molecular weight excluding hydrogens is 418 g/mol. The summed E-state index contributed by atoms with van der Waals surface area (Å²) >= 11 is 1.35. The van der Waals surface area contributed by atoms with Gasteiger partial charge in [-0.3, -0.25) is 14.4 Å². The van der Waals surface area contributed by atoms with Gasteiger partial charge in [-0.2, -0.15) is 11.8 Å². The molecule has 0 saturated carbocycles. The molecule has 2 rings (SSSR count). The molecule has 0 bridgehead atoms. The number of carbonyl (C=O) groups excluding carboxylic acids is 4. The Balaban J connectivity index is 2.17. The molecule has 9 nitrogen and oxygen atoms in total. The van der Waals surface area contributed by atoms with Gasteiger partial charge >= 0.3 is 6.03 Å². The molecule has 1 aliphatic heterocycles. The Hall–Kier alpha value is -3.01. The highest BCUT2D eigenvalue weighted by Gasteiger charge is 2.43. The molecule has 0 spiro atoms. The van der Waals surface area contributed by atoms with Crippen LogP contribution in [0.1, 0.15) is 12.0 Å². The third kappa shape index (κ3) is 7.02. The van der Waals surface area contributed by atoms with E-state index >= 15 is 0 Å². The quantitative estimate of drug-likeness (QED) is 0.375. The second-order valence-electron chi connectivity index (χ2n) is 7.16. The van der Waals surface area contributed by atoms with Gasteiger partial charge < -0.3 is 26.6 Å². The lowest BCUT2D eigenvalue weighted by Crippen LogP contribution is -2.59. The molecular formula is C21H29N5O4S. The van der Waals surface area contributed by atoms with Crippen LogP contribution in [0.4, 0.5) is 4.79 Å². The Morgan fingerprint density at radius 2 is 2.00 bits per heavy atom. The molecule has 0 aliphatic carbocycles. The van der Waals surface area contributed by atoms with Crippen molar-refractivity contribution in [2.75, 3.05) is 25.1 Å². The van der Waals surface area contributed by atoms with E-state index < -0.39 is 36.0 Å². The van der Waals surface area contributed by atoms with Gasteiger partial charge in [-0.25, -0.2) is 4.79 Å². The third-order valence-electron chi connectivity index (χ3n) is 4.92. The van der Waals surface area contributed by atoms with Crippen molar-refractivity contribution in [3.63, 3.8) is 0 Å². The summed E-state index contributed by atoms with van der Waals surface area (Å²) in [5, 5.41) is 8.02. The fraction of sp³-hybridized carbons (Fsp3) is 0.429. The van der Waals surface area contributed by atoms with E-state index in [1.165, 1.54) is 22.7 Å². The van der Waals surface area contributed by atoms with Crippen LogP contribution < -0.4 is 21.7 Å². The molecule has 0 radical (unpaired) electrons. The standard InChI is InChI=1S/C21H29N5O4S/c1-3-10-23-21(30)25-15-9-11-26(17(27)13-31-2)18(15)20(29)24-16(19(22)28)12-14-7-5-4-6-8-14/h3-8,15-16,18H,1,9-13H2,2H3,(H2,22,28)(H,24,29)(H2,23,25,30). The van der Waals surface area contributed by atoms with Gasteiger partial charge in [-0.1, -0.05) is 36.4 Å². The topological polar surface area (TPSA) is 134 Å². The van der Waals surface area contributed by atoms with Gasteiger partial charge in [0.2, 0.25) is 17.7 Å². The number of hydrogen-bond acceptors (Lipinski definition) is 5. The van der Waals surface area contributed by atoms with E-state index in [9.17, 15) is 19.2 Å². The number of carbonyl (C=O) groups is 4. The maximum atomic E-state index is 13.2. The number of urea groups is 1. The Morgan fingerprint density at radius 3 is 2.61 bits per heavy atom. The lowest BCUT2D eigenvalue weighted by atomic mass is 10.0. The first kappa shape index (κ1) is 24.3. The molecule has 1 heterocycles. The molecule has 1 aromatic carbocycles.